The lowest BCUT2D eigenvalue weighted by atomic mass is 9.85. The Kier molecular flexibility index (Phi) is 7.06. The number of hydrogen-bond acceptors (Lipinski definition) is 4. The van der Waals surface area contributed by atoms with Gasteiger partial charge in [0, 0.05) is 12.1 Å². The lowest BCUT2D eigenvalue weighted by Gasteiger charge is -2.42. The number of likely N-dealkylation sites (N-methyl/N-ethyl adjacent to an activating group) is 1. The lowest BCUT2D eigenvalue weighted by molar-refractivity contribution is -0.139. The van der Waals surface area contributed by atoms with Crippen LogP contribution < -0.4 is 15.4 Å². The third kappa shape index (κ3) is 5.94. The van der Waals surface area contributed by atoms with Gasteiger partial charge in [0.2, 0.25) is 0 Å². The maximum atomic E-state index is 11.9. The van der Waals surface area contributed by atoms with Crippen molar-refractivity contribution in [3.05, 3.63) is 29.8 Å². The van der Waals surface area contributed by atoms with Gasteiger partial charge in [-0.15, -0.1) is 0 Å². The average Bonchev–Trinajstić information content (AvgIpc) is 2.54. The van der Waals surface area contributed by atoms with E-state index in [1.54, 1.807) is 0 Å². The van der Waals surface area contributed by atoms with E-state index < -0.39 is 5.97 Å². The second kappa shape index (κ2) is 9.27. The van der Waals surface area contributed by atoms with E-state index in [0.29, 0.717) is 19.7 Å². The molecule has 7 heteroatoms. The molecule has 0 radical (unpaired) electrons. The predicted molar refractivity (Wildman–Crippen MR) is 94.9 cm³/mol. The average molecular weight is 349 g/mol. The molecule has 2 rings (SSSR count). The van der Waals surface area contributed by atoms with Crippen LogP contribution in [0.2, 0.25) is 0 Å². The second-order valence-electron chi connectivity index (χ2n) is 6.29. The fraction of sp³-hybridized carbons (Fsp3) is 0.556. The smallest absolute Gasteiger partial charge is 0.317 e. The summed E-state index contributed by atoms with van der Waals surface area (Å²) < 4.78 is 5.63. The minimum atomic E-state index is -0.815. The molecule has 3 N–H and O–H groups in total. The minimum absolute atomic E-state index is 0.0519. The van der Waals surface area contributed by atoms with Crippen molar-refractivity contribution in [1.29, 1.82) is 0 Å². The van der Waals surface area contributed by atoms with Gasteiger partial charge in [-0.25, -0.2) is 4.79 Å². The normalized spacial score (nSPS) is 19.2. The number of carbonyl (C=O) groups is 2. The van der Waals surface area contributed by atoms with Gasteiger partial charge in [0.25, 0.3) is 0 Å². The Morgan fingerprint density at radius 1 is 1.32 bits per heavy atom. The molecule has 1 aliphatic rings. The van der Waals surface area contributed by atoms with Crippen molar-refractivity contribution in [2.24, 2.45) is 0 Å². The fourth-order valence-electron chi connectivity index (χ4n) is 2.96. The Hall–Kier alpha value is -2.28. The number of benzene rings is 1. The molecule has 0 unspecified atom stereocenters. The first-order valence-corrected chi connectivity index (χ1v) is 8.68. The number of nitrogens with one attached hydrogen (secondary N) is 2. The number of urea groups is 1. The SMILES string of the molecule is CCN(CC(=O)O)C1CC(NC(=O)NCCOc2ccccc2C)C1. The molecule has 138 valence electrons. The maximum absolute atomic E-state index is 11.9. The topological polar surface area (TPSA) is 90.9 Å². The molecule has 0 bridgehead atoms. The molecule has 1 fully saturated rings. The predicted octanol–water partition coefficient (Wildman–Crippen LogP) is 1.61. The van der Waals surface area contributed by atoms with E-state index in [1.165, 1.54) is 0 Å². The number of ether oxygens (including phenoxy) is 1. The maximum Gasteiger partial charge on any atom is 0.317 e. The summed E-state index contributed by atoms with van der Waals surface area (Å²) in [5.41, 5.74) is 1.06. The molecule has 2 amide bonds. The molecule has 7 nitrogen and oxygen atoms in total. The van der Waals surface area contributed by atoms with Crippen LogP contribution in [-0.2, 0) is 4.79 Å². The van der Waals surface area contributed by atoms with Crippen LogP contribution in [0.3, 0.4) is 0 Å². The third-order valence-electron chi connectivity index (χ3n) is 4.45. The first kappa shape index (κ1) is 19.1. The Morgan fingerprint density at radius 3 is 2.68 bits per heavy atom. The monoisotopic (exact) mass is 349 g/mol. The molecule has 0 heterocycles. The van der Waals surface area contributed by atoms with Gasteiger partial charge in [-0.05, 0) is 37.9 Å². The highest BCUT2D eigenvalue weighted by Gasteiger charge is 2.34. The quantitative estimate of drug-likeness (QED) is 0.589. The summed E-state index contributed by atoms with van der Waals surface area (Å²) in [6.07, 6.45) is 1.57. The number of carboxylic acid groups (broad SMARTS) is 1. The van der Waals surface area contributed by atoms with Crippen molar-refractivity contribution in [2.75, 3.05) is 26.2 Å². The Bertz CT molecular complexity index is 587. The summed E-state index contributed by atoms with van der Waals surface area (Å²) >= 11 is 0. The highest BCUT2D eigenvalue weighted by atomic mass is 16.5. The highest BCUT2D eigenvalue weighted by Crippen LogP contribution is 2.25. The number of carboxylic acids is 1. The molecule has 1 saturated carbocycles. The van der Waals surface area contributed by atoms with Gasteiger partial charge in [0.05, 0.1) is 13.1 Å². The summed E-state index contributed by atoms with van der Waals surface area (Å²) in [5.74, 6) is 0.00860. The van der Waals surface area contributed by atoms with E-state index in [9.17, 15) is 9.59 Å². The molecular formula is C18H27N3O4. The van der Waals surface area contributed by atoms with E-state index in [4.69, 9.17) is 9.84 Å². The molecule has 0 aromatic heterocycles. The summed E-state index contributed by atoms with van der Waals surface area (Å²) in [5, 5.41) is 14.6. The molecule has 0 saturated heterocycles. The first-order valence-electron chi connectivity index (χ1n) is 8.68. The van der Waals surface area contributed by atoms with Crippen LogP contribution in [-0.4, -0.2) is 60.3 Å². The largest absolute Gasteiger partial charge is 0.491 e. The van der Waals surface area contributed by atoms with Crippen molar-refractivity contribution in [2.45, 2.75) is 38.8 Å². The zero-order valence-electron chi connectivity index (χ0n) is 14.8. The number of aliphatic carboxylic acids is 1. The minimum Gasteiger partial charge on any atom is -0.491 e. The first-order chi connectivity index (χ1) is 12.0. The Morgan fingerprint density at radius 2 is 2.04 bits per heavy atom. The van der Waals surface area contributed by atoms with Gasteiger partial charge in [-0.2, -0.15) is 0 Å². The number of rotatable bonds is 9. The van der Waals surface area contributed by atoms with E-state index >= 15 is 0 Å². The van der Waals surface area contributed by atoms with Crippen LogP contribution in [0.25, 0.3) is 0 Å². The van der Waals surface area contributed by atoms with Crippen LogP contribution in [0.4, 0.5) is 4.79 Å². The fourth-order valence-corrected chi connectivity index (χ4v) is 2.96. The summed E-state index contributed by atoms with van der Waals surface area (Å²) in [4.78, 5) is 24.6. The molecule has 1 aliphatic carbocycles. The number of carbonyl (C=O) groups excluding carboxylic acids is 1. The zero-order valence-corrected chi connectivity index (χ0v) is 14.8. The van der Waals surface area contributed by atoms with E-state index in [2.05, 4.69) is 10.6 Å². The van der Waals surface area contributed by atoms with Gasteiger partial charge in [-0.1, -0.05) is 25.1 Å². The number of amides is 2. The Labute approximate surface area is 148 Å². The van der Waals surface area contributed by atoms with Crippen LogP contribution >= 0.6 is 0 Å². The van der Waals surface area contributed by atoms with Gasteiger partial charge < -0.3 is 20.5 Å². The Balaban J connectivity index is 1.59. The van der Waals surface area contributed by atoms with Crippen LogP contribution in [0.15, 0.2) is 24.3 Å². The van der Waals surface area contributed by atoms with Crippen LogP contribution in [0, 0.1) is 6.92 Å². The molecule has 0 spiro atoms. The molecule has 0 aliphatic heterocycles. The number of hydrogen-bond donors (Lipinski definition) is 3. The molecule has 1 aromatic rings. The lowest BCUT2D eigenvalue weighted by Crippen LogP contribution is -2.56. The highest BCUT2D eigenvalue weighted by molar-refractivity contribution is 5.74. The summed E-state index contributed by atoms with van der Waals surface area (Å²) in [6, 6.07) is 7.88. The van der Waals surface area contributed by atoms with Gasteiger partial charge in [0.1, 0.15) is 12.4 Å². The van der Waals surface area contributed by atoms with Crippen molar-refractivity contribution < 1.29 is 19.4 Å². The number of aryl methyl sites for hydroxylation is 1. The molecule has 1 aromatic carbocycles. The standard InChI is InChI=1S/C18H27N3O4/c1-3-21(12-17(22)23)15-10-14(11-15)20-18(24)19-8-9-25-16-7-5-4-6-13(16)2/h4-7,14-15H,3,8-12H2,1-2H3,(H,22,23)(H2,19,20,24). The van der Waals surface area contributed by atoms with E-state index in [1.807, 2.05) is 43.0 Å². The number of para-hydroxylation sites is 1. The van der Waals surface area contributed by atoms with Crippen molar-refractivity contribution in [1.82, 2.24) is 15.5 Å². The van der Waals surface area contributed by atoms with Crippen molar-refractivity contribution in [3.63, 3.8) is 0 Å². The van der Waals surface area contributed by atoms with E-state index in [0.717, 1.165) is 24.2 Å². The van der Waals surface area contributed by atoms with Gasteiger partial charge in [-0.3, -0.25) is 9.69 Å². The summed E-state index contributed by atoms with van der Waals surface area (Å²) in [7, 11) is 0. The summed E-state index contributed by atoms with van der Waals surface area (Å²) in [6.45, 7) is 5.52. The van der Waals surface area contributed by atoms with Crippen molar-refractivity contribution in [3.8, 4) is 5.75 Å². The second-order valence-corrected chi connectivity index (χ2v) is 6.29. The van der Waals surface area contributed by atoms with Gasteiger partial charge in [0.15, 0.2) is 0 Å². The molecule has 25 heavy (non-hydrogen) atoms. The zero-order chi connectivity index (χ0) is 18.2. The van der Waals surface area contributed by atoms with Crippen LogP contribution in [0.5, 0.6) is 5.75 Å². The van der Waals surface area contributed by atoms with E-state index in [-0.39, 0.29) is 24.7 Å². The molecular weight excluding hydrogens is 322 g/mol. The third-order valence-corrected chi connectivity index (χ3v) is 4.45. The van der Waals surface area contributed by atoms with Crippen molar-refractivity contribution >= 4 is 12.0 Å². The van der Waals surface area contributed by atoms with Gasteiger partial charge >= 0.3 is 12.0 Å². The van der Waals surface area contributed by atoms with Crippen LogP contribution in [0.1, 0.15) is 25.3 Å². The molecule has 0 atom stereocenters. The number of nitrogens with zero attached hydrogens (tertiary/aromatic N) is 1.